The Morgan fingerprint density at radius 2 is 1.79 bits per heavy atom. The molecule has 1 aliphatic heterocycles. The Balaban J connectivity index is 1.71. The lowest BCUT2D eigenvalue weighted by atomic mass is 9.95. The number of aromatic nitrogens is 2. The maximum atomic E-state index is 13.2. The topological polar surface area (TPSA) is 75.5 Å². The van der Waals surface area contributed by atoms with E-state index in [1.54, 1.807) is 18.5 Å². The largest absolute Gasteiger partial charge is 0.337 e. The number of anilines is 1. The number of hydrogen-bond acceptors (Lipinski definition) is 4. The summed E-state index contributed by atoms with van der Waals surface area (Å²) in [6.45, 7) is 6.42. The molecule has 152 valence electrons. The van der Waals surface area contributed by atoms with Gasteiger partial charge in [0, 0.05) is 44.0 Å². The highest BCUT2D eigenvalue weighted by atomic mass is 32.2. The van der Waals surface area contributed by atoms with Crippen molar-refractivity contribution in [3.8, 4) is 0 Å². The van der Waals surface area contributed by atoms with Crippen LogP contribution in [0.1, 0.15) is 32.5 Å². The van der Waals surface area contributed by atoms with Gasteiger partial charge in [-0.1, -0.05) is 18.2 Å². The van der Waals surface area contributed by atoms with Crippen molar-refractivity contribution in [3.05, 3.63) is 42.4 Å². The fourth-order valence-electron chi connectivity index (χ4n) is 3.59. The minimum absolute atomic E-state index is 0.0353. The molecule has 8 heteroatoms. The summed E-state index contributed by atoms with van der Waals surface area (Å²) in [5, 5.41) is 0.0744. The van der Waals surface area contributed by atoms with Crippen LogP contribution in [-0.4, -0.2) is 47.3 Å². The number of carbonyl (C=O) groups is 1. The van der Waals surface area contributed by atoms with E-state index in [1.807, 2.05) is 49.1 Å². The van der Waals surface area contributed by atoms with E-state index >= 15 is 0 Å². The number of aryl methyl sites for hydroxylation is 2. The van der Waals surface area contributed by atoms with Crippen LogP contribution in [0.3, 0.4) is 0 Å². The predicted octanol–water partition coefficient (Wildman–Crippen LogP) is 2.57. The van der Waals surface area contributed by atoms with Crippen molar-refractivity contribution in [1.82, 2.24) is 13.9 Å². The third-order valence-electron chi connectivity index (χ3n) is 5.28. The standard InChI is InChI=1S/C20H28N4O3S/c1-15(2)24(18-8-6-5-7-9-18)20(25)17-10-12-23(13-11-17)28(26,27)19-14-22(4)16(3)21-19/h5-9,14-15,17H,10-13H2,1-4H3. The molecule has 1 amide bonds. The van der Waals surface area contributed by atoms with Crippen molar-refractivity contribution in [2.24, 2.45) is 13.0 Å². The first-order valence-corrected chi connectivity index (χ1v) is 11.0. The number of piperidine rings is 1. The third kappa shape index (κ3) is 3.98. The second kappa shape index (κ2) is 8.05. The van der Waals surface area contributed by atoms with Crippen molar-refractivity contribution in [2.45, 2.75) is 44.7 Å². The molecule has 1 fully saturated rings. The number of carbonyl (C=O) groups excluding carboxylic acids is 1. The van der Waals surface area contributed by atoms with Gasteiger partial charge in [-0.2, -0.15) is 4.31 Å². The molecule has 1 saturated heterocycles. The van der Waals surface area contributed by atoms with E-state index in [2.05, 4.69) is 4.98 Å². The van der Waals surface area contributed by atoms with Gasteiger partial charge in [0.1, 0.15) is 5.82 Å². The van der Waals surface area contributed by atoms with Gasteiger partial charge >= 0.3 is 0 Å². The third-order valence-corrected chi connectivity index (χ3v) is 7.05. The number of benzene rings is 1. The fourth-order valence-corrected chi connectivity index (χ4v) is 5.09. The van der Waals surface area contributed by atoms with Crippen LogP contribution in [0.2, 0.25) is 0 Å². The van der Waals surface area contributed by atoms with Gasteiger partial charge < -0.3 is 9.47 Å². The van der Waals surface area contributed by atoms with Crippen molar-refractivity contribution in [1.29, 1.82) is 0 Å². The maximum Gasteiger partial charge on any atom is 0.262 e. The van der Waals surface area contributed by atoms with E-state index in [0.29, 0.717) is 31.8 Å². The minimum atomic E-state index is -3.63. The summed E-state index contributed by atoms with van der Waals surface area (Å²) in [5.41, 5.74) is 0.876. The maximum absolute atomic E-state index is 13.2. The molecule has 2 aromatic rings. The average molecular weight is 405 g/mol. The van der Waals surface area contributed by atoms with Crippen LogP contribution < -0.4 is 4.90 Å². The number of amides is 1. The smallest absolute Gasteiger partial charge is 0.262 e. The number of sulfonamides is 1. The summed E-state index contributed by atoms with van der Waals surface area (Å²) >= 11 is 0. The summed E-state index contributed by atoms with van der Waals surface area (Å²) in [5.74, 6) is 0.533. The number of nitrogens with zero attached hydrogens (tertiary/aromatic N) is 4. The van der Waals surface area contributed by atoms with Crippen LogP contribution in [0.4, 0.5) is 5.69 Å². The Labute approximate surface area is 167 Å². The van der Waals surface area contributed by atoms with E-state index in [1.165, 1.54) is 10.5 Å². The van der Waals surface area contributed by atoms with Crippen LogP contribution in [0, 0.1) is 12.8 Å². The molecule has 0 aliphatic carbocycles. The lowest BCUT2D eigenvalue weighted by molar-refractivity contribution is -0.123. The van der Waals surface area contributed by atoms with Gasteiger partial charge in [0.05, 0.1) is 0 Å². The number of rotatable bonds is 5. The number of para-hydroxylation sites is 1. The Morgan fingerprint density at radius 3 is 2.29 bits per heavy atom. The fraction of sp³-hybridized carbons (Fsp3) is 0.500. The van der Waals surface area contributed by atoms with Crippen molar-refractivity contribution in [2.75, 3.05) is 18.0 Å². The quantitative estimate of drug-likeness (QED) is 0.768. The summed E-state index contributed by atoms with van der Waals surface area (Å²) in [4.78, 5) is 19.1. The monoisotopic (exact) mass is 404 g/mol. The molecule has 0 unspecified atom stereocenters. The van der Waals surface area contributed by atoms with Crippen LogP contribution in [0.5, 0.6) is 0 Å². The molecule has 0 N–H and O–H groups in total. The molecular formula is C20H28N4O3S. The van der Waals surface area contributed by atoms with Gasteiger partial charge in [-0.25, -0.2) is 13.4 Å². The molecule has 0 radical (unpaired) electrons. The Morgan fingerprint density at radius 1 is 1.18 bits per heavy atom. The molecule has 28 heavy (non-hydrogen) atoms. The van der Waals surface area contributed by atoms with Crippen LogP contribution >= 0.6 is 0 Å². The summed E-state index contributed by atoms with van der Waals surface area (Å²) in [6, 6.07) is 9.66. The first-order valence-electron chi connectivity index (χ1n) is 9.60. The van der Waals surface area contributed by atoms with Crippen molar-refractivity contribution in [3.63, 3.8) is 0 Å². The zero-order valence-electron chi connectivity index (χ0n) is 16.9. The highest BCUT2D eigenvalue weighted by molar-refractivity contribution is 7.89. The van der Waals surface area contributed by atoms with E-state index < -0.39 is 10.0 Å². The highest BCUT2D eigenvalue weighted by Gasteiger charge is 2.35. The minimum Gasteiger partial charge on any atom is -0.337 e. The lowest BCUT2D eigenvalue weighted by Gasteiger charge is -2.35. The van der Waals surface area contributed by atoms with Gasteiger partial charge in [0.2, 0.25) is 5.91 Å². The molecule has 0 spiro atoms. The molecule has 0 saturated carbocycles. The van der Waals surface area contributed by atoms with Crippen LogP contribution in [-0.2, 0) is 21.9 Å². The first kappa shape index (κ1) is 20.5. The molecule has 1 aromatic carbocycles. The van der Waals surface area contributed by atoms with E-state index in [9.17, 15) is 13.2 Å². The Bertz CT molecular complexity index is 910. The predicted molar refractivity (Wildman–Crippen MR) is 108 cm³/mol. The van der Waals surface area contributed by atoms with Crippen LogP contribution in [0.15, 0.2) is 41.6 Å². The summed E-state index contributed by atoms with van der Waals surface area (Å²) in [6.07, 6.45) is 2.57. The SMILES string of the molecule is Cc1nc(S(=O)(=O)N2CCC(C(=O)N(c3ccccc3)C(C)C)CC2)cn1C. The second-order valence-corrected chi connectivity index (χ2v) is 9.44. The molecule has 2 heterocycles. The molecule has 1 aliphatic rings. The lowest BCUT2D eigenvalue weighted by Crippen LogP contribution is -2.46. The molecule has 3 rings (SSSR count). The van der Waals surface area contributed by atoms with Gasteiger partial charge in [0.25, 0.3) is 10.0 Å². The zero-order chi connectivity index (χ0) is 20.5. The number of imidazole rings is 1. The van der Waals surface area contributed by atoms with Crippen molar-refractivity contribution < 1.29 is 13.2 Å². The highest BCUT2D eigenvalue weighted by Crippen LogP contribution is 2.27. The van der Waals surface area contributed by atoms with Gasteiger partial charge in [-0.15, -0.1) is 0 Å². The second-order valence-electron chi connectivity index (χ2n) is 7.55. The molecule has 7 nitrogen and oxygen atoms in total. The molecule has 0 atom stereocenters. The zero-order valence-corrected chi connectivity index (χ0v) is 17.7. The van der Waals surface area contributed by atoms with Gasteiger partial charge in [-0.05, 0) is 45.7 Å². The first-order chi connectivity index (χ1) is 13.2. The summed E-state index contributed by atoms with van der Waals surface area (Å²) < 4.78 is 28.8. The van der Waals surface area contributed by atoms with E-state index in [4.69, 9.17) is 0 Å². The summed E-state index contributed by atoms with van der Waals surface area (Å²) in [7, 11) is -1.85. The van der Waals surface area contributed by atoms with Gasteiger partial charge in [0.15, 0.2) is 5.03 Å². The molecule has 0 bridgehead atoms. The van der Waals surface area contributed by atoms with Gasteiger partial charge in [-0.3, -0.25) is 4.79 Å². The Hall–Kier alpha value is -2.19. The van der Waals surface area contributed by atoms with E-state index in [-0.39, 0.29) is 22.9 Å². The van der Waals surface area contributed by atoms with Crippen LogP contribution in [0.25, 0.3) is 0 Å². The molecular weight excluding hydrogens is 376 g/mol. The van der Waals surface area contributed by atoms with E-state index in [0.717, 1.165) is 5.69 Å². The normalized spacial score (nSPS) is 16.5. The Kier molecular flexibility index (Phi) is 5.90. The molecule has 1 aromatic heterocycles. The van der Waals surface area contributed by atoms with Crippen molar-refractivity contribution >= 4 is 21.6 Å². The average Bonchev–Trinajstić information content (AvgIpc) is 3.02. The number of hydrogen-bond donors (Lipinski definition) is 0.